The van der Waals surface area contributed by atoms with E-state index in [1.165, 1.54) is 19.8 Å². The molecule has 4 heteroatoms. The quantitative estimate of drug-likeness (QED) is 0.327. The van der Waals surface area contributed by atoms with Crippen molar-refractivity contribution < 1.29 is 19.3 Å². The van der Waals surface area contributed by atoms with Crippen molar-refractivity contribution in [1.82, 2.24) is 0 Å². The number of carbonyl (C=O) groups is 1. The Kier molecular flexibility index (Phi) is 7.83. The van der Waals surface area contributed by atoms with E-state index >= 15 is 0 Å². The van der Waals surface area contributed by atoms with E-state index in [0.29, 0.717) is 12.0 Å². The first-order chi connectivity index (χ1) is 10.5. The van der Waals surface area contributed by atoms with E-state index in [1.54, 1.807) is 6.08 Å². The summed E-state index contributed by atoms with van der Waals surface area (Å²) in [4.78, 5) is 22.0. The van der Waals surface area contributed by atoms with Crippen molar-refractivity contribution in [2.75, 3.05) is 14.2 Å². The van der Waals surface area contributed by atoms with Crippen LogP contribution >= 0.6 is 0 Å². The fraction of sp³-hybridized carbons (Fsp3) is 0.500. The molecule has 0 aromatic heterocycles. The molecule has 2 unspecified atom stereocenters. The molecule has 4 nitrogen and oxygen atoms in total. The van der Waals surface area contributed by atoms with Gasteiger partial charge in [0.05, 0.1) is 12.7 Å². The first kappa shape index (κ1) is 18.4. The fourth-order valence-corrected chi connectivity index (χ4v) is 2.08. The third-order valence-corrected chi connectivity index (χ3v) is 3.23. The Morgan fingerprint density at radius 3 is 2.77 bits per heavy atom. The minimum atomic E-state index is -0.548. The summed E-state index contributed by atoms with van der Waals surface area (Å²) in [6, 6.07) is 0. The third-order valence-electron chi connectivity index (χ3n) is 3.23. The number of Topliss-reactive ketones (excluding diaryl/α,β-unsaturated/α-hetero) is 1. The highest BCUT2D eigenvalue weighted by Gasteiger charge is 2.30. The van der Waals surface area contributed by atoms with E-state index < -0.39 is 6.10 Å². The van der Waals surface area contributed by atoms with Crippen LogP contribution in [-0.2, 0) is 19.3 Å². The van der Waals surface area contributed by atoms with Gasteiger partial charge in [-0.15, -0.1) is 0 Å². The van der Waals surface area contributed by atoms with Crippen LogP contribution in [0.1, 0.15) is 33.1 Å². The number of carbonyl (C=O) groups excluding carboxylic acids is 1. The lowest BCUT2D eigenvalue weighted by molar-refractivity contribution is -0.297. The molecule has 1 aliphatic rings. The van der Waals surface area contributed by atoms with E-state index in [1.807, 2.05) is 0 Å². The second kappa shape index (κ2) is 9.37. The van der Waals surface area contributed by atoms with Gasteiger partial charge < -0.3 is 4.74 Å². The average Bonchev–Trinajstić information content (AvgIpc) is 2.47. The van der Waals surface area contributed by atoms with Gasteiger partial charge in [0.2, 0.25) is 0 Å². The number of ether oxygens (including phenoxy) is 1. The van der Waals surface area contributed by atoms with Gasteiger partial charge in [0, 0.05) is 13.5 Å². The molecule has 0 aliphatic heterocycles. The van der Waals surface area contributed by atoms with Gasteiger partial charge >= 0.3 is 0 Å². The van der Waals surface area contributed by atoms with Crippen molar-refractivity contribution in [3.63, 3.8) is 0 Å². The van der Waals surface area contributed by atoms with Crippen molar-refractivity contribution >= 4 is 5.78 Å². The normalized spacial score (nSPS) is 20.7. The van der Waals surface area contributed by atoms with E-state index in [2.05, 4.69) is 43.2 Å². The van der Waals surface area contributed by atoms with Gasteiger partial charge in [-0.3, -0.25) is 4.79 Å². The van der Waals surface area contributed by atoms with Crippen molar-refractivity contribution in [3.8, 4) is 11.8 Å². The molecule has 0 fully saturated rings. The van der Waals surface area contributed by atoms with Crippen molar-refractivity contribution in [3.05, 3.63) is 35.5 Å². The predicted molar refractivity (Wildman–Crippen MR) is 86.0 cm³/mol. The van der Waals surface area contributed by atoms with E-state index in [9.17, 15) is 4.79 Å². The zero-order chi connectivity index (χ0) is 16.5. The Labute approximate surface area is 132 Å². The molecule has 0 spiro atoms. The number of rotatable bonds is 6. The average molecular weight is 304 g/mol. The summed E-state index contributed by atoms with van der Waals surface area (Å²) in [5, 5.41) is 0. The molecule has 0 heterocycles. The molecule has 22 heavy (non-hydrogen) atoms. The van der Waals surface area contributed by atoms with Crippen LogP contribution in [0.4, 0.5) is 0 Å². The summed E-state index contributed by atoms with van der Waals surface area (Å²) in [7, 11) is 2.93. The molecule has 2 atom stereocenters. The van der Waals surface area contributed by atoms with Gasteiger partial charge in [0.15, 0.2) is 5.78 Å². The van der Waals surface area contributed by atoms with Crippen LogP contribution in [0.25, 0.3) is 0 Å². The van der Waals surface area contributed by atoms with E-state index in [-0.39, 0.29) is 11.9 Å². The highest BCUT2D eigenvalue weighted by atomic mass is 17.2. The fourth-order valence-electron chi connectivity index (χ4n) is 2.08. The molecule has 1 rings (SSSR count). The van der Waals surface area contributed by atoms with Crippen LogP contribution in [0.3, 0.4) is 0 Å². The number of hydrogen-bond donors (Lipinski definition) is 0. The van der Waals surface area contributed by atoms with Crippen LogP contribution in [-0.4, -0.2) is 32.2 Å². The van der Waals surface area contributed by atoms with Gasteiger partial charge in [-0.2, -0.15) is 0 Å². The zero-order valence-electron chi connectivity index (χ0n) is 13.8. The van der Waals surface area contributed by atoms with Gasteiger partial charge in [-0.25, -0.2) is 9.78 Å². The first-order valence-corrected chi connectivity index (χ1v) is 7.29. The highest BCUT2D eigenvalue weighted by molar-refractivity contribution is 6.03. The maximum Gasteiger partial charge on any atom is 0.199 e. The Hall–Kier alpha value is -1.67. The minimum absolute atomic E-state index is 0.122. The maximum atomic E-state index is 12.2. The number of allylic oxidation sites excluding steroid dienone is 3. The summed E-state index contributed by atoms with van der Waals surface area (Å²) in [6.45, 7) is 8.04. The molecule has 120 valence electrons. The zero-order valence-corrected chi connectivity index (χ0v) is 13.8. The Morgan fingerprint density at radius 2 is 2.18 bits per heavy atom. The predicted octanol–water partition coefficient (Wildman–Crippen LogP) is 3.15. The molecule has 0 amide bonds. The smallest absolute Gasteiger partial charge is 0.199 e. The molecule has 0 N–H and O–H groups in total. The second-order valence-electron chi connectivity index (χ2n) is 5.38. The highest BCUT2D eigenvalue weighted by Crippen LogP contribution is 2.20. The molecule has 0 radical (unpaired) electrons. The summed E-state index contributed by atoms with van der Waals surface area (Å²) in [6.07, 6.45) is 5.04. The Bertz CT molecular complexity index is 527. The monoisotopic (exact) mass is 304 g/mol. The van der Waals surface area contributed by atoms with Gasteiger partial charge in [0.1, 0.15) is 12.2 Å². The number of hydrogen-bond acceptors (Lipinski definition) is 4. The van der Waals surface area contributed by atoms with E-state index in [4.69, 9.17) is 9.62 Å². The van der Waals surface area contributed by atoms with Crippen LogP contribution in [0.2, 0.25) is 0 Å². The number of methoxy groups -OCH3 is 1. The van der Waals surface area contributed by atoms with Crippen molar-refractivity contribution in [2.24, 2.45) is 0 Å². The third kappa shape index (κ3) is 5.98. The van der Waals surface area contributed by atoms with Crippen LogP contribution in [0, 0.1) is 11.8 Å². The topological polar surface area (TPSA) is 44.8 Å². The summed E-state index contributed by atoms with van der Waals surface area (Å²) in [5.74, 6) is 5.71. The Balaban J connectivity index is 2.76. The summed E-state index contributed by atoms with van der Waals surface area (Å²) < 4.78 is 5.18. The maximum absolute atomic E-state index is 12.2. The van der Waals surface area contributed by atoms with E-state index in [0.717, 1.165) is 18.4 Å². The van der Waals surface area contributed by atoms with Crippen molar-refractivity contribution in [1.29, 1.82) is 0 Å². The van der Waals surface area contributed by atoms with Crippen LogP contribution in [0.5, 0.6) is 0 Å². The molecular weight excluding hydrogens is 280 g/mol. The lowest BCUT2D eigenvalue weighted by Gasteiger charge is -2.23. The molecule has 0 bridgehead atoms. The molecule has 0 saturated heterocycles. The molecule has 0 aromatic rings. The lowest BCUT2D eigenvalue weighted by Crippen LogP contribution is -2.34. The standard InChI is InChI=1S/C18H24O4/c1-13(2)7-6-8-14(3)9-10-15-11-16(22-21-5)12-17(20-4)18(15)19/h7,11,16-17H,3,6,8,12H2,1-2,4-5H3. The van der Waals surface area contributed by atoms with Gasteiger partial charge in [-0.05, 0) is 38.3 Å². The summed E-state index contributed by atoms with van der Waals surface area (Å²) in [5.41, 5.74) is 2.46. The number of ketones is 1. The molecule has 0 aromatic carbocycles. The lowest BCUT2D eigenvalue weighted by atomic mass is 9.93. The first-order valence-electron chi connectivity index (χ1n) is 7.29. The van der Waals surface area contributed by atoms with Crippen LogP contribution < -0.4 is 0 Å². The molecule has 1 aliphatic carbocycles. The second-order valence-corrected chi connectivity index (χ2v) is 5.38. The molecule has 0 saturated carbocycles. The molecular formula is C18H24O4. The van der Waals surface area contributed by atoms with Crippen molar-refractivity contribution in [2.45, 2.75) is 45.3 Å². The SMILES string of the molecule is C=C(C#CC1=CC(OOC)CC(OC)C1=O)CCC=C(C)C. The largest absolute Gasteiger partial charge is 0.373 e. The van der Waals surface area contributed by atoms with Gasteiger partial charge in [0.25, 0.3) is 0 Å². The Morgan fingerprint density at radius 1 is 1.45 bits per heavy atom. The minimum Gasteiger partial charge on any atom is -0.373 e. The summed E-state index contributed by atoms with van der Waals surface area (Å²) >= 11 is 0. The van der Waals surface area contributed by atoms with Crippen LogP contribution in [0.15, 0.2) is 35.5 Å². The van der Waals surface area contributed by atoms with Gasteiger partial charge in [-0.1, -0.05) is 30.1 Å².